The molecule has 2 N–H and O–H groups in total. The van der Waals surface area contributed by atoms with E-state index in [1.807, 2.05) is 4.72 Å². The average Bonchev–Trinajstić information content (AvgIpc) is 2.68. The Kier molecular flexibility index (Phi) is 8.07. The molecule has 2 rings (SSSR count). The van der Waals surface area contributed by atoms with Crippen LogP contribution in [-0.4, -0.2) is 21.5 Å². The van der Waals surface area contributed by atoms with Crippen LogP contribution in [0.15, 0.2) is 47.4 Å². The third-order valence-corrected chi connectivity index (χ3v) is 5.74. The molecule has 0 saturated heterocycles. The molecule has 33 heavy (non-hydrogen) atoms. The Hall–Kier alpha value is -2.32. The van der Waals surface area contributed by atoms with Crippen LogP contribution in [0.3, 0.4) is 0 Å². The summed E-state index contributed by atoms with van der Waals surface area (Å²) in [4.78, 5) is -1.18. The van der Waals surface area contributed by atoms with Crippen molar-refractivity contribution in [2.24, 2.45) is 0 Å². The van der Waals surface area contributed by atoms with Gasteiger partial charge in [-0.05, 0) is 48.9 Å². The van der Waals surface area contributed by atoms with Crippen molar-refractivity contribution in [2.45, 2.75) is 36.4 Å². The minimum Gasteiger partial charge on any atom is -0.313 e. The Morgan fingerprint density at radius 3 is 1.61 bits per heavy atom. The Labute approximate surface area is 182 Å². The number of rotatable bonds is 8. The quantitative estimate of drug-likeness (QED) is 0.381. The second kappa shape index (κ2) is 9.89. The highest BCUT2D eigenvalue weighted by Crippen LogP contribution is 2.37. The Balaban J connectivity index is 1.93. The van der Waals surface area contributed by atoms with Crippen molar-refractivity contribution in [1.29, 1.82) is 0 Å². The first-order valence-electron chi connectivity index (χ1n) is 9.16. The van der Waals surface area contributed by atoms with Gasteiger partial charge >= 0.3 is 18.5 Å². The predicted octanol–water partition coefficient (Wildman–Crippen LogP) is 5.20. The van der Waals surface area contributed by atoms with Crippen molar-refractivity contribution < 1.29 is 47.9 Å². The van der Waals surface area contributed by atoms with Crippen molar-refractivity contribution in [2.75, 3.05) is 13.1 Å². The van der Waals surface area contributed by atoms with E-state index in [1.54, 1.807) is 0 Å². The van der Waals surface area contributed by atoms with E-state index in [1.165, 1.54) is 12.1 Å². The minimum atomic E-state index is -5.19. The standard InChI is InChI=1S/C19H17F9N2O2S/c20-17(21,22)13-4-2-12(3-5-13)11-29-6-1-7-30-33(31,32)16-9-14(18(23,24)25)8-15(10-16)19(26,27)28/h2-5,8-10,29-30H,1,6-7,11H2. The van der Waals surface area contributed by atoms with Crippen molar-refractivity contribution in [3.05, 3.63) is 64.7 Å². The summed E-state index contributed by atoms with van der Waals surface area (Å²) >= 11 is 0. The lowest BCUT2D eigenvalue weighted by atomic mass is 10.1. The van der Waals surface area contributed by atoms with Gasteiger partial charge < -0.3 is 5.32 Å². The van der Waals surface area contributed by atoms with Crippen molar-refractivity contribution in [3.63, 3.8) is 0 Å². The van der Waals surface area contributed by atoms with Gasteiger partial charge in [0.15, 0.2) is 0 Å². The molecule has 2 aromatic carbocycles. The SMILES string of the molecule is O=S(=O)(NCCCNCc1ccc(C(F)(F)F)cc1)c1cc(C(F)(F)F)cc(C(F)(F)F)c1. The topological polar surface area (TPSA) is 58.2 Å². The molecule has 0 aromatic heterocycles. The van der Waals surface area contributed by atoms with Crippen molar-refractivity contribution in [1.82, 2.24) is 10.0 Å². The zero-order valence-corrected chi connectivity index (χ0v) is 17.3. The molecule has 14 heteroatoms. The van der Waals surface area contributed by atoms with Gasteiger partial charge in [-0.15, -0.1) is 0 Å². The highest BCUT2D eigenvalue weighted by atomic mass is 32.2. The average molecular weight is 508 g/mol. The number of hydrogen-bond donors (Lipinski definition) is 2. The van der Waals surface area contributed by atoms with Gasteiger partial charge in [0.2, 0.25) is 10.0 Å². The summed E-state index contributed by atoms with van der Waals surface area (Å²) in [5.74, 6) is 0. The number of sulfonamides is 1. The molecule has 184 valence electrons. The van der Waals surface area contributed by atoms with Gasteiger partial charge in [-0.2, -0.15) is 39.5 Å². The fraction of sp³-hybridized carbons (Fsp3) is 0.368. The summed E-state index contributed by atoms with van der Waals surface area (Å²) in [6.45, 7) is 0.0212. The van der Waals surface area contributed by atoms with E-state index in [9.17, 15) is 47.9 Å². The second-order valence-corrected chi connectivity index (χ2v) is 8.63. The summed E-state index contributed by atoms with van der Waals surface area (Å²) in [6.07, 6.45) is -14.7. The molecule has 0 fully saturated rings. The van der Waals surface area contributed by atoms with Crippen LogP contribution in [0.5, 0.6) is 0 Å². The van der Waals surface area contributed by atoms with Crippen LogP contribution < -0.4 is 10.0 Å². The Morgan fingerprint density at radius 1 is 0.667 bits per heavy atom. The lowest BCUT2D eigenvalue weighted by Gasteiger charge is -2.15. The molecule has 0 atom stereocenters. The van der Waals surface area contributed by atoms with Crippen LogP contribution in [0.2, 0.25) is 0 Å². The molecule has 0 aliphatic heterocycles. The normalized spacial score (nSPS) is 13.4. The molecule has 0 radical (unpaired) electrons. The van der Waals surface area contributed by atoms with Crippen molar-refractivity contribution >= 4 is 10.0 Å². The zero-order chi connectivity index (χ0) is 25.1. The molecule has 0 saturated carbocycles. The van der Waals surface area contributed by atoms with E-state index in [4.69, 9.17) is 0 Å². The third kappa shape index (κ3) is 7.89. The molecule has 2 aromatic rings. The van der Waals surface area contributed by atoms with Crippen molar-refractivity contribution in [3.8, 4) is 0 Å². The van der Waals surface area contributed by atoms with Crippen LogP contribution in [-0.2, 0) is 35.1 Å². The fourth-order valence-corrected chi connectivity index (χ4v) is 3.77. The largest absolute Gasteiger partial charge is 0.416 e. The maximum Gasteiger partial charge on any atom is 0.416 e. The molecule has 0 bridgehead atoms. The Morgan fingerprint density at radius 2 is 1.15 bits per heavy atom. The fourth-order valence-electron chi connectivity index (χ4n) is 2.63. The van der Waals surface area contributed by atoms with E-state index in [0.717, 1.165) is 12.1 Å². The zero-order valence-electron chi connectivity index (χ0n) is 16.5. The molecular formula is C19H17F9N2O2S. The highest BCUT2D eigenvalue weighted by Gasteiger charge is 2.38. The summed E-state index contributed by atoms with van der Waals surface area (Å²) in [5, 5.41) is 2.83. The number of nitrogens with one attached hydrogen (secondary N) is 2. The van der Waals surface area contributed by atoms with Gasteiger partial charge in [-0.1, -0.05) is 12.1 Å². The number of benzene rings is 2. The van der Waals surface area contributed by atoms with Crippen LogP contribution in [0.1, 0.15) is 28.7 Å². The minimum absolute atomic E-state index is 0.102. The van der Waals surface area contributed by atoms with Gasteiger partial charge in [0, 0.05) is 13.1 Å². The number of alkyl halides is 9. The summed E-state index contributed by atoms with van der Waals surface area (Å²) in [5.41, 5.74) is -3.80. The molecule has 0 heterocycles. The van der Waals surface area contributed by atoms with Gasteiger partial charge in [-0.3, -0.25) is 0 Å². The van der Waals surface area contributed by atoms with E-state index >= 15 is 0 Å². The van der Waals surface area contributed by atoms with E-state index in [0.29, 0.717) is 5.56 Å². The molecule has 0 aliphatic rings. The summed E-state index contributed by atoms with van der Waals surface area (Å²) in [6, 6.07) is 4.35. The molecular weight excluding hydrogens is 491 g/mol. The molecule has 0 unspecified atom stereocenters. The van der Waals surface area contributed by atoms with Crippen LogP contribution in [0.4, 0.5) is 39.5 Å². The third-order valence-electron chi connectivity index (χ3n) is 4.30. The van der Waals surface area contributed by atoms with Crippen LogP contribution in [0, 0.1) is 0 Å². The van der Waals surface area contributed by atoms with Gasteiger partial charge in [0.25, 0.3) is 0 Å². The smallest absolute Gasteiger partial charge is 0.313 e. The molecule has 0 spiro atoms. The maximum atomic E-state index is 12.9. The van der Waals surface area contributed by atoms with Gasteiger partial charge in [0.1, 0.15) is 0 Å². The van der Waals surface area contributed by atoms with E-state index < -0.39 is 50.1 Å². The van der Waals surface area contributed by atoms with E-state index in [-0.39, 0.29) is 44.3 Å². The van der Waals surface area contributed by atoms with Gasteiger partial charge in [-0.25, -0.2) is 13.1 Å². The first kappa shape index (κ1) is 26.9. The molecule has 4 nitrogen and oxygen atoms in total. The second-order valence-electron chi connectivity index (χ2n) is 6.86. The summed E-state index contributed by atoms with van der Waals surface area (Å²) in [7, 11) is -4.67. The van der Waals surface area contributed by atoms with E-state index in [2.05, 4.69) is 5.32 Å². The van der Waals surface area contributed by atoms with Crippen LogP contribution >= 0.6 is 0 Å². The Bertz CT molecular complexity index is 1010. The predicted molar refractivity (Wildman–Crippen MR) is 99.4 cm³/mol. The lowest BCUT2D eigenvalue weighted by Crippen LogP contribution is -2.28. The maximum absolute atomic E-state index is 12.9. The lowest BCUT2D eigenvalue weighted by molar-refractivity contribution is -0.143. The number of halogens is 9. The monoisotopic (exact) mass is 508 g/mol. The first-order chi connectivity index (χ1) is 15.0. The highest BCUT2D eigenvalue weighted by molar-refractivity contribution is 7.89. The van der Waals surface area contributed by atoms with Gasteiger partial charge in [0.05, 0.1) is 21.6 Å². The van der Waals surface area contributed by atoms with Crippen LogP contribution in [0.25, 0.3) is 0 Å². The number of hydrogen-bond acceptors (Lipinski definition) is 3. The molecule has 0 amide bonds. The first-order valence-corrected chi connectivity index (χ1v) is 10.6. The summed E-state index contributed by atoms with van der Waals surface area (Å²) < 4.78 is 141. The molecule has 0 aliphatic carbocycles.